The molecular formula is C14H17NO4. The monoisotopic (exact) mass is 263 g/mol. The molecule has 1 aromatic carbocycles. The lowest BCUT2D eigenvalue weighted by Gasteiger charge is -2.40. The number of carbonyl (C=O) groups excluding carboxylic acids is 2. The van der Waals surface area contributed by atoms with E-state index >= 15 is 0 Å². The Labute approximate surface area is 112 Å². The van der Waals surface area contributed by atoms with E-state index in [1.165, 1.54) is 12.0 Å². The van der Waals surface area contributed by atoms with E-state index in [-0.39, 0.29) is 18.4 Å². The van der Waals surface area contributed by atoms with Crippen LogP contribution in [0.2, 0.25) is 0 Å². The maximum absolute atomic E-state index is 12.0. The molecule has 2 rings (SSSR count). The Bertz CT molecular complexity index is 483. The van der Waals surface area contributed by atoms with Crippen LogP contribution in [0.25, 0.3) is 0 Å². The third kappa shape index (κ3) is 2.83. The van der Waals surface area contributed by atoms with Gasteiger partial charge in [-0.2, -0.15) is 0 Å². The minimum absolute atomic E-state index is 0.263. The SMILES string of the molecule is COC(C)(C)O[C@@H]1CN(C(=O)c2ccccc2)C1=O. The van der Waals surface area contributed by atoms with Crippen LogP contribution in [0.5, 0.6) is 0 Å². The molecule has 1 aliphatic rings. The first-order chi connectivity index (χ1) is 8.94. The number of nitrogens with zero attached hydrogens (tertiary/aromatic N) is 1. The smallest absolute Gasteiger partial charge is 0.260 e. The molecule has 1 aromatic rings. The van der Waals surface area contributed by atoms with Crippen LogP contribution in [0.4, 0.5) is 0 Å². The number of hydrogen-bond acceptors (Lipinski definition) is 4. The minimum Gasteiger partial charge on any atom is -0.354 e. The lowest BCUT2D eigenvalue weighted by atomic mass is 10.1. The summed E-state index contributed by atoms with van der Waals surface area (Å²) in [6.45, 7) is 3.71. The molecule has 5 nitrogen and oxygen atoms in total. The molecule has 1 fully saturated rings. The second-order valence-electron chi connectivity index (χ2n) is 4.83. The van der Waals surface area contributed by atoms with E-state index < -0.39 is 11.9 Å². The van der Waals surface area contributed by atoms with Crippen molar-refractivity contribution in [3.63, 3.8) is 0 Å². The van der Waals surface area contributed by atoms with Gasteiger partial charge < -0.3 is 9.47 Å². The number of likely N-dealkylation sites (tertiary alicyclic amines) is 1. The first-order valence-corrected chi connectivity index (χ1v) is 6.08. The average molecular weight is 263 g/mol. The number of ether oxygens (including phenoxy) is 2. The molecule has 0 aliphatic carbocycles. The van der Waals surface area contributed by atoms with Crippen molar-refractivity contribution < 1.29 is 19.1 Å². The van der Waals surface area contributed by atoms with Gasteiger partial charge in [-0.05, 0) is 26.0 Å². The summed E-state index contributed by atoms with van der Waals surface area (Å²) in [6, 6.07) is 8.71. The predicted molar refractivity (Wildman–Crippen MR) is 68.4 cm³/mol. The molecule has 0 radical (unpaired) electrons. The molecule has 0 bridgehead atoms. The van der Waals surface area contributed by atoms with E-state index in [0.29, 0.717) is 5.56 Å². The van der Waals surface area contributed by atoms with Crippen LogP contribution in [0.1, 0.15) is 24.2 Å². The zero-order valence-corrected chi connectivity index (χ0v) is 11.3. The minimum atomic E-state index is -0.831. The molecule has 1 saturated heterocycles. The van der Waals surface area contributed by atoms with Crippen molar-refractivity contribution in [3.05, 3.63) is 35.9 Å². The van der Waals surface area contributed by atoms with E-state index in [2.05, 4.69) is 0 Å². The largest absolute Gasteiger partial charge is 0.354 e. The van der Waals surface area contributed by atoms with Crippen molar-refractivity contribution in [2.75, 3.05) is 13.7 Å². The van der Waals surface area contributed by atoms with Crippen LogP contribution >= 0.6 is 0 Å². The van der Waals surface area contributed by atoms with Crippen molar-refractivity contribution in [1.29, 1.82) is 0 Å². The summed E-state index contributed by atoms with van der Waals surface area (Å²) in [5, 5.41) is 0. The Kier molecular flexibility index (Phi) is 3.68. The van der Waals surface area contributed by atoms with Gasteiger partial charge in [-0.3, -0.25) is 14.5 Å². The third-order valence-electron chi connectivity index (χ3n) is 3.07. The molecular weight excluding hydrogens is 246 g/mol. The topological polar surface area (TPSA) is 55.8 Å². The van der Waals surface area contributed by atoms with E-state index in [4.69, 9.17) is 9.47 Å². The van der Waals surface area contributed by atoms with Gasteiger partial charge in [0.05, 0.1) is 6.54 Å². The molecule has 0 N–H and O–H groups in total. The van der Waals surface area contributed by atoms with Crippen molar-refractivity contribution in [1.82, 2.24) is 4.90 Å². The van der Waals surface area contributed by atoms with Gasteiger partial charge in [-0.1, -0.05) is 18.2 Å². The molecule has 0 spiro atoms. The number of amides is 2. The van der Waals surface area contributed by atoms with Crippen molar-refractivity contribution in [2.45, 2.75) is 25.7 Å². The summed E-state index contributed by atoms with van der Waals surface area (Å²) in [5.41, 5.74) is 0.500. The predicted octanol–water partition coefficient (Wildman–Crippen LogP) is 1.44. The van der Waals surface area contributed by atoms with Crippen molar-refractivity contribution in [2.24, 2.45) is 0 Å². The van der Waals surface area contributed by atoms with Crippen LogP contribution in [0.15, 0.2) is 30.3 Å². The fraction of sp³-hybridized carbons (Fsp3) is 0.429. The fourth-order valence-corrected chi connectivity index (χ4v) is 1.79. The molecule has 1 aliphatic heterocycles. The summed E-state index contributed by atoms with van der Waals surface area (Å²) in [7, 11) is 1.51. The van der Waals surface area contributed by atoms with Crippen molar-refractivity contribution in [3.8, 4) is 0 Å². The molecule has 0 unspecified atom stereocenters. The summed E-state index contributed by atoms with van der Waals surface area (Å²) < 4.78 is 10.6. The highest BCUT2D eigenvalue weighted by Crippen LogP contribution is 2.23. The zero-order chi connectivity index (χ0) is 14.0. The second-order valence-corrected chi connectivity index (χ2v) is 4.83. The summed E-state index contributed by atoms with van der Waals surface area (Å²) in [4.78, 5) is 25.1. The van der Waals surface area contributed by atoms with Gasteiger partial charge in [-0.25, -0.2) is 0 Å². The third-order valence-corrected chi connectivity index (χ3v) is 3.07. The van der Waals surface area contributed by atoms with Gasteiger partial charge in [0.2, 0.25) is 0 Å². The summed E-state index contributed by atoms with van der Waals surface area (Å²) in [5.74, 6) is -1.44. The Morgan fingerprint density at radius 2 is 1.95 bits per heavy atom. The van der Waals surface area contributed by atoms with Crippen LogP contribution in [-0.2, 0) is 14.3 Å². The van der Waals surface area contributed by atoms with Gasteiger partial charge in [0.1, 0.15) is 0 Å². The first kappa shape index (κ1) is 13.7. The maximum Gasteiger partial charge on any atom is 0.260 e. The van der Waals surface area contributed by atoms with Crippen LogP contribution in [0.3, 0.4) is 0 Å². The molecule has 0 saturated carbocycles. The second kappa shape index (κ2) is 5.11. The average Bonchev–Trinajstić information content (AvgIpc) is 2.43. The molecule has 2 amide bonds. The Morgan fingerprint density at radius 1 is 1.32 bits per heavy atom. The van der Waals surface area contributed by atoms with Crippen molar-refractivity contribution >= 4 is 11.8 Å². The van der Waals surface area contributed by atoms with Gasteiger partial charge in [-0.15, -0.1) is 0 Å². The van der Waals surface area contributed by atoms with Crippen LogP contribution in [0, 0.1) is 0 Å². The molecule has 1 heterocycles. The highest BCUT2D eigenvalue weighted by molar-refractivity contribution is 6.09. The number of carbonyl (C=O) groups is 2. The molecule has 5 heteroatoms. The molecule has 19 heavy (non-hydrogen) atoms. The van der Waals surface area contributed by atoms with Gasteiger partial charge in [0.25, 0.3) is 11.8 Å². The van der Waals surface area contributed by atoms with Gasteiger partial charge in [0.15, 0.2) is 11.9 Å². The van der Waals surface area contributed by atoms with Crippen LogP contribution < -0.4 is 0 Å². The number of hydrogen-bond donors (Lipinski definition) is 0. The lowest BCUT2D eigenvalue weighted by Crippen LogP contribution is -2.61. The number of methoxy groups -OCH3 is 1. The molecule has 1 atom stereocenters. The Morgan fingerprint density at radius 3 is 2.47 bits per heavy atom. The van der Waals surface area contributed by atoms with E-state index in [1.54, 1.807) is 38.1 Å². The number of benzene rings is 1. The quantitative estimate of drug-likeness (QED) is 0.468. The number of rotatable bonds is 4. The van der Waals surface area contributed by atoms with Gasteiger partial charge in [0, 0.05) is 12.7 Å². The summed E-state index contributed by atoms with van der Waals surface area (Å²) in [6.07, 6.45) is -0.609. The van der Waals surface area contributed by atoms with Gasteiger partial charge >= 0.3 is 0 Å². The number of β-lactam (4-membered cyclic amide) rings is 1. The zero-order valence-electron chi connectivity index (χ0n) is 11.3. The highest BCUT2D eigenvalue weighted by atomic mass is 16.7. The van der Waals surface area contributed by atoms with Crippen LogP contribution in [-0.4, -0.2) is 42.3 Å². The highest BCUT2D eigenvalue weighted by Gasteiger charge is 2.44. The lowest BCUT2D eigenvalue weighted by molar-refractivity contribution is -0.238. The molecule has 102 valence electrons. The number of imide groups is 1. The standard InChI is InChI=1S/C14H17NO4/c1-14(2,18-3)19-11-9-15(13(11)17)12(16)10-7-5-4-6-8-10/h4-8,11H,9H2,1-3H3/t11-/m1/s1. The first-order valence-electron chi connectivity index (χ1n) is 6.08. The maximum atomic E-state index is 12.0. The molecule has 0 aromatic heterocycles. The Hall–Kier alpha value is -1.72. The Balaban J connectivity index is 1.97. The fourth-order valence-electron chi connectivity index (χ4n) is 1.79. The summed E-state index contributed by atoms with van der Waals surface area (Å²) >= 11 is 0. The van der Waals surface area contributed by atoms with E-state index in [1.807, 2.05) is 6.07 Å². The normalized spacial score (nSPS) is 19.2. The van der Waals surface area contributed by atoms with E-state index in [9.17, 15) is 9.59 Å². The van der Waals surface area contributed by atoms with E-state index in [0.717, 1.165) is 0 Å².